The van der Waals surface area contributed by atoms with Crippen molar-refractivity contribution in [3.63, 3.8) is 0 Å². The third-order valence-electron chi connectivity index (χ3n) is 5.43. The minimum absolute atomic E-state index is 0.0437. The van der Waals surface area contributed by atoms with Crippen LogP contribution in [0.4, 0.5) is 0 Å². The fourth-order valence-corrected chi connectivity index (χ4v) is 3.97. The molecule has 1 unspecified atom stereocenters. The number of aryl methyl sites for hydroxylation is 1. The smallest absolute Gasteiger partial charge is 0.242 e. The van der Waals surface area contributed by atoms with Gasteiger partial charge in [-0.25, -0.2) is 0 Å². The highest BCUT2D eigenvalue weighted by Crippen LogP contribution is 2.32. The number of nitrogens with one attached hydrogen (secondary N) is 1. The van der Waals surface area contributed by atoms with E-state index in [1.165, 1.54) is 17.5 Å². The molecule has 1 saturated heterocycles. The number of hydrogen-bond acceptors (Lipinski definition) is 2. The Labute approximate surface area is 144 Å². The summed E-state index contributed by atoms with van der Waals surface area (Å²) in [7, 11) is 0. The highest BCUT2D eigenvalue weighted by Gasteiger charge is 2.30. The lowest BCUT2D eigenvalue weighted by molar-refractivity contribution is -0.134. The van der Waals surface area contributed by atoms with E-state index in [-0.39, 0.29) is 30.3 Å². The van der Waals surface area contributed by atoms with Gasteiger partial charge < -0.3 is 10.2 Å². The van der Waals surface area contributed by atoms with E-state index in [4.69, 9.17) is 0 Å². The molecule has 0 radical (unpaired) electrons. The van der Waals surface area contributed by atoms with Crippen LogP contribution in [0.5, 0.6) is 0 Å². The first kappa shape index (κ1) is 17.0. The van der Waals surface area contributed by atoms with E-state index >= 15 is 0 Å². The van der Waals surface area contributed by atoms with Crippen molar-refractivity contribution in [3.8, 4) is 0 Å². The number of carbonyl (C=O) groups excluding carboxylic acids is 2. The lowest BCUT2D eigenvalue weighted by Crippen LogP contribution is -2.42. The maximum absolute atomic E-state index is 12.6. The lowest BCUT2D eigenvalue weighted by atomic mass is 9.89. The molecular formula is C20H28N2O2. The minimum atomic E-state index is 0.0437. The van der Waals surface area contributed by atoms with Gasteiger partial charge in [0.2, 0.25) is 11.8 Å². The van der Waals surface area contributed by atoms with Gasteiger partial charge in [0.05, 0.1) is 12.6 Å². The van der Waals surface area contributed by atoms with Crippen molar-refractivity contribution in [3.05, 3.63) is 35.4 Å². The quantitative estimate of drug-likeness (QED) is 0.921. The molecule has 1 atom stereocenters. The maximum Gasteiger partial charge on any atom is 0.242 e. The van der Waals surface area contributed by atoms with Crippen molar-refractivity contribution in [2.45, 2.75) is 57.9 Å². The van der Waals surface area contributed by atoms with Crippen molar-refractivity contribution in [1.29, 1.82) is 0 Å². The predicted octanol–water partition coefficient (Wildman–Crippen LogP) is 3.36. The molecule has 1 aromatic rings. The van der Waals surface area contributed by atoms with E-state index in [1.54, 1.807) is 0 Å². The first-order valence-electron chi connectivity index (χ1n) is 9.29. The molecule has 0 aromatic heterocycles. The van der Waals surface area contributed by atoms with E-state index in [0.717, 1.165) is 45.1 Å². The average Bonchev–Trinajstić information content (AvgIpc) is 3.10. The average molecular weight is 328 g/mol. The van der Waals surface area contributed by atoms with E-state index < -0.39 is 0 Å². The Morgan fingerprint density at radius 1 is 1.04 bits per heavy atom. The third kappa shape index (κ3) is 3.97. The van der Waals surface area contributed by atoms with Crippen molar-refractivity contribution < 1.29 is 9.59 Å². The van der Waals surface area contributed by atoms with Gasteiger partial charge in [0, 0.05) is 12.5 Å². The summed E-state index contributed by atoms with van der Waals surface area (Å²) in [5.41, 5.74) is 2.43. The van der Waals surface area contributed by atoms with Gasteiger partial charge in [-0.2, -0.15) is 0 Å². The molecule has 4 heteroatoms. The summed E-state index contributed by atoms with van der Waals surface area (Å²) in [6.45, 7) is 3.00. The summed E-state index contributed by atoms with van der Waals surface area (Å²) in [6, 6.07) is 8.59. The number of hydrogen-bond donors (Lipinski definition) is 1. The van der Waals surface area contributed by atoms with Crippen LogP contribution >= 0.6 is 0 Å². The SMILES string of the molecule is Cc1ccc(C2CCCN2C(=O)CNC(=O)C2CCCCC2)cc1. The van der Waals surface area contributed by atoms with Gasteiger partial charge in [-0.15, -0.1) is 0 Å². The fourth-order valence-electron chi connectivity index (χ4n) is 3.97. The summed E-state index contributed by atoms with van der Waals surface area (Å²) >= 11 is 0. The zero-order valence-electron chi connectivity index (χ0n) is 14.6. The molecule has 0 bridgehead atoms. The van der Waals surface area contributed by atoms with E-state index in [1.807, 2.05) is 4.90 Å². The Kier molecular flexibility index (Phi) is 5.54. The largest absolute Gasteiger partial charge is 0.347 e. The van der Waals surface area contributed by atoms with Gasteiger partial charge in [-0.1, -0.05) is 49.1 Å². The summed E-state index contributed by atoms with van der Waals surface area (Å²) in [5, 5.41) is 2.88. The molecule has 2 aliphatic rings. The summed E-state index contributed by atoms with van der Waals surface area (Å²) < 4.78 is 0. The highest BCUT2D eigenvalue weighted by atomic mass is 16.2. The third-order valence-corrected chi connectivity index (χ3v) is 5.43. The molecule has 4 nitrogen and oxygen atoms in total. The van der Waals surface area contributed by atoms with Crippen LogP contribution in [0, 0.1) is 12.8 Å². The Balaban J connectivity index is 1.55. The van der Waals surface area contributed by atoms with Crippen LogP contribution in [0.2, 0.25) is 0 Å². The molecule has 1 aromatic carbocycles. The van der Waals surface area contributed by atoms with Crippen LogP contribution in [0.15, 0.2) is 24.3 Å². The molecule has 1 aliphatic heterocycles. The van der Waals surface area contributed by atoms with E-state index in [0.29, 0.717) is 0 Å². The van der Waals surface area contributed by atoms with Crippen LogP contribution in [0.3, 0.4) is 0 Å². The zero-order chi connectivity index (χ0) is 16.9. The van der Waals surface area contributed by atoms with Crippen molar-refractivity contribution in [2.75, 3.05) is 13.1 Å². The van der Waals surface area contributed by atoms with Gasteiger partial charge in [0.15, 0.2) is 0 Å². The molecular weight excluding hydrogens is 300 g/mol. The standard InChI is InChI=1S/C20H28N2O2/c1-15-9-11-16(12-10-15)18-8-5-13-22(18)19(23)14-21-20(24)17-6-3-2-4-7-17/h9-12,17-18H,2-8,13-14H2,1H3,(H,21,24). The van der Waals surface area contributed by atoms with Crippen LogP contribution < -0.4 is 5.32 Å². The second-order valence-corrected chi connectivity index (χ2v) is 7.21. The molecule has 1 N–H and O–H groups in total. The lowest BCUT2D eigenvalue weighted by Gasteiger charge is -2.26. The second-order valence-electron chi connectivity index (χ2n) is 7.21. The molecule has 1 saturated carbocycles. The number of nitrogens with zero attached hydrogens (tertiary/aromatic N) is 1. The molecule has 24 heavy (non-hydrogen) atoms. The van der Waals surface area contributed by atoms with Crippen molar-refractivity contribution >= 4 is 11.8 Å². The number of benzene rings is 1. The minimum Gasteiger partial charge on any atom is -0.347 e. The Bertz CT molecular complexity index is 576. The number of likely N-dealkylation sites (tertiary alicyclic amines) is 1. The normalized spacial score (nSPS) is 21.7. The van der Waals surface area contributed by atoms with Crippen LogP contribution in [-0.2, 0) is 9.59 Å². The molecule has 1 heterocycles. The monoisotopic (exact) mass is 328 g/mol. The van der Waals surface area contributed by atoms with Gasteiger partial charge in [0.1, 0.15) is 0 Å². The van der Waals surface area contributed by atoms with Crippen LogP contribution in [0.1, 0.15) is 62.1 Å². The zero-order valence-corrected chi connectivity index (χ0v) is 14.6. The summed E-state index contributed by atoms with van der Waals surface area (Å²) in [4.78, 5) is 26.8. The Hall–Kier alpha value is -1.84. The number of rotatable bonds is 4. The first-order chi connectivity index (χ1) is 11.6. The van der Waals surface area contributed by atoms with Crippen LogP contribution in [0.25, 0.3) is 0 Å². The fraction of sp³-hybridized carbons (Fsp3) is 0.600. The van der Waals surface area contributed by atoms with Crippen LogP contribution in [-0.4, -0.2) is 29.8 Å². The molecule has 2 amide bonds. The highest BCUT2D eigenvalue weighted by molar-refractivity contribution is 5.86. The van der Waals surface area contributed by atoms with E-state index in [9.17, 15) is 9.59 Å². The van der Waals surface area contributed by atoms with Crippen molar-refractivity contribution in [1.82, 2.24) is 10.2 Å². The Morgan fingerprint density at radius 2 is 1.75 bits per heavy atom. The number of carbonyl (C=O) groups is 2. The second kappa shape index (κ2) is 7.82. The van der Waals surface area contributed by atoms with Gasteiger partial charge >= 0.3 is 0 Å². The van der Waals surface area contributed by atoms with E-state index in [2.05, 4.69) is 36.5 Å². The topological polar surface area (TPSA) is 49.4 Å². The van der Waals surface area contributed by atoms with Gasteiger partial charge in [0.25, 0.3) is 0 Å². The molecule has 3 rings (SSSR count). The van der Waals surface area contributed by atoms with Gasteiger partial charge in [-0.3, -0.25) is 9.59 Å². The van der Waals surface area contributed by atoms with Gasteiger partial charge in [-0.05, 0) is 38.2 Å². The molecule has 1 aliphatic carbocycles. The molecule has 130 valence electrons. The molecule has 0 spiro atoms. The maximum atomic E-state index is 12.6. The Morgan fingerprint density at radius 3 is 2.46 bits per heavy atom. The summed E-state index contributed by atoms with van der Waals surface area (Å²) in [6.07, 6.45) is 7.47. The van der Waals surface area contributed by atoms with Crippen molar-refractivity contribution in [2.24, 2.45) is 5.92 Å². The molecule has 2 fully saturated rings. The summed E-state index contributed by atoms with van der Waals surface area (Å²) in [5.74, 6) is 0.217. The first-order valence-corrected chi connectivity index (χ1v) is 9.29. The predicted molar refractivity (Wildman–Crippen MR) is 94.5 cm³/mol. The number of amides is 2.